The Morgan fingerprint density at radius 2 is 1.74 bits per heavy atom. The van der Waals surface area contributed by atoms with E-state index >= 15 is 0 Å². The average Bonchev–Trinajstić information content (AvgIpc) is 3.65. The largest absolute Gasteiger partial charge is 0.486 e. The standard InChI is InChI=1S/C20H19NO3.C9H18N2/c1-15-12-19(24-11-10-22)13-20(23)21(15)14-18-8-6-17(7-9-18)5-4-16-2-3-16;1-10-5-3-9(4-6-10)7-11(2)8-9/h6-10,12-13,16H,2-3,11,14H2,1H3;3-8H2,1-2H3. The van der Waals surface area contributed by atoms with Gasteiger partial charge >= 0.3 is 0 Å². The zero-order chi connectivity index (χ0) is 24.8. The number of hydrogen-bond donors (Lipinski definition) is 0. The van der Waals surface area contributed by atoms with Gasteiger partial charge in [-0.25, -0.2) is 0 Å². The molecule has 2 aliphatic heterocycles. The lowest BCUT2D eigenvalue weighted by Gasteiger charge is -2.52. The van der Waals surface area contributed by atoms with Crippen LogP contribution in [0.3, 0.4) is 0 Å². The molecule has 3 heterocycles. The highest BCUT2D eigenvalue weighted by Gasteiger charge is 2.42. The number of aryl methyl sites for hydroxylation is 1. The maximum atomic E-state index is 12.3. The van der Waals surface area contributed by atoms with Crippen molar-refractivity contribution >= 4 is 6.29 Å². The molecular weight excluding hydrogens is 438 g/mol. The van der Waals surface area contributed by atoms with Gasteiger partial charge in [0.25, 0.3) is 5.56 Å². The highest BCUT2D eigenvalue weighted by Crippen LogP contribution is 2.38. The summed E-state index contributed by atoms with van der Waals surface area (Å²) >= 11 is 0. The normalized spacial score (nSPS) is 19.1. The van der Waals surface area contributed by atoms with Gasteiger partial charge in [-0.15, -0.1) is 0 Å². The quantitative estimate of drug-likeness (QED) is 0.491. The van der Waals surface area contributed by atoms with Crippen LogP contribution in [0.4, 0.5) is 0 Å². The summed E-state index contributed by atoms with van der Waals surface area (Å²) in [5.74, 6) is 7.43. The minimum Gasteiger partial charge on any atom is -0.486 e. The molecule has 1 saturated carbocycles. The number of rotatable bonds is 5. The summed E-state index contributed by atoms with van der Waals surface area (Å²) in [6.45, 7) is 7.62. The van der Waals surface area contributed by atoms with E-state index in [1.165, 1.54) is 57.9 Å². The second kappa shape index (κ2) is 11.2. The van der Waals surface area contributed by atoms with Gasteiger partial charge in [0.1, 0.15) is 12.4 Å². The van der Waals surface area contributed by atoms with Crippen LogP contribution >= 0.6 is 0 Å². The van der Waals surface area contributed by atoms with Crippen molar-refractivity contribution in [1.82, 2.24) is 14.4 Å². The molecule has 0 N–H and O–H groups in total. The molecule has 0 radical (unpaired) electrons. The number of pyridine rings is 1. The number of benzene rings is 1. The number of carbonyl (C=O) groups excluding carboxylic acids is 1. The van der Waals surface area contributed by atoms with Gasteiger partial charge < -0.3 is 19.1 Å². The van der Waals surface area contributed by atoms with Gasteiger partial charge in [0, 0.05) is 36.3 Å². The second-order valence-electron chi connectivity index (χ2n) is 10.5. The van der Waals surface area contributed by atoms with Gasteiger partial charge in [0.15, 0.2) is 6.29 Å². The Morgan fingerprint density at radius 1 is 1.06 bits per heavy atom. The second-order valence-corrected chi connectivity index (χ2v) is 10.5. The number of hydrogen-bond acceptors (Lipinski definition) is 5. The van der Waals surface area contributed by atoms with Crippen LogP contribution in [0.15, 0.2) is 41.2 Å². The number of aldehydes is 1. The lowest BCUT2D eigenvalue weighted by Crippen LogP contribution is -2.58. The number of likely N-dealkylation sites (tertiary alicyclic amines) is 2. The van der Waals surface area contributed by atoms with Crippen LogP contribution < -0.4 is 10.3 Å². The van der Waals surface area contributed by atoms with Crippen LogP contribution in [0.5, 0.6) is 5.75 Å². The molecule has 6 nitrogen and oxygen atoms in total. The van der Waals surface area contributed by atoms with Gasteiger partial charge in [-0.1, -0.05) is 24.0 Å². The van der Waals surface area contributed by atoms with E-state index in [1.807, 2.05) is 31.2 Å². The van der Waals surface area contributed by atoms with Gasteiger partial charge in [-0.3, -0.25) is 9.59 Å². The number of carbonyl (C=O) groups is 1. The lowest BCUT2D eigenvalue weighted by atomic mass is 9.72. The topological polar surface area (TPSA) is 54.8 Å². The molecule has 3 aliphatic rings. The molecule has 2 aromatic rings. The number of ether oxygens (including phenoxy) is 1. The first-order valence-corrected chi connectivity index (χ1v) is 12.6. The van der Waals surface area contributed by atoms with Crippen LogP contribution in [0.1, 0.15) is 42.5 Å². The van der Waals surface area contributed by atoms with E-state index in [9.17, 15) is 9.59 Å². The lowest BCUT2D eigenvalue weighted by molar-refractivity contribution is -0.109. The summed E-state index contributed by atoms with van der Waals surface area (Å²) < 4.78 is 6.87. The van der Waals surface area contributed by atoms with Crippen molar-refractivity contribution < 1.29 is 9.53 Å². The fraction of sp³-hybridized carbons (Fsp3) is 0.517. The van der Waals surface area contributed by atoms with Crippen LogP contribution in [0, 0.1) is 30.1 Å². The summed E-state index contributed by atoms with van der Waals surface area (Å²) in [6, 6.07) is 11.2. The summed E-state index contributed by atoms with van der Waals surface area (Å²) in [7, 11) is 4.46. The number of nitrogens with zero attached hydrogens (tertiary/aromatic N) is 3. The number of aromatic nitrogens is 1. The van der Waals surface area contributed by atoms with E-state index in [0.29, 0.717) is 24.5 Å². The van der Waals surface area contributed by atoms with Crippen molar-refractivity contribution in [2.24, 2.45) is 11.3 Å². The minimum atomic E-state index is -0.145. The van der Waals surface area contributed by atoms with Gasteiger partial charge in [0.05, 0.1) is 6.54 Å². The predicted molar refractivity (Wildman–Crippen MR) is 139 cm³/mol. The Hall–Kier alpha value is -2.88. The Bertz CT molecular complexity index is 1120. The van der Waals surface area contributed by atoms with E-state index in [2.05, 4.69) is 35.7 Å². The third-order valence-electron chi connectivity index (χ3n) is 7.18. The zero-order valence-corrected chi connectivity index (χ0v) is 21.3. The van der Waals surface area contributed by atoms with Gasteiger partial charge in [-0.05, 0) is 89.0 Å². The van der Waals surface area contributed by atoms with E-state index in [1.54, 1.807) is 10.6 Å². The molecule has 0 bridgehead atoms. The monoisotopic (exact) mass is 475 g/mol. The van der Waals surface area contributed by atoms with Crippen molar-refractivity contribution in [3.63, 3.8) is 0 Å². The zero-order valence-electron chi connectivity index (χ0n) is 21.3. The fourth-order valence-corrected chi connectivity index (χ4v) is 4.91. The van der Waals surface area contributed by atoms with E-state index < -0.39 is 0 Å². The summed E-state index contributed by atoms with van der Waals surface area (Å²) in [4.78, 5) is 27.5. The molecule has 0 atom stereocenters. The van der Waals surface area contributed by atoms with Crippen LogP contribution in [0.2, 0.25) is 0 Å². The summed E-state index contributed by atoms with van der Waals surface area (Å²) in [6.07, 6.45) is 5.95. The highest BCUT2D eigenvalue weighted by molar-refractivity contribution is 5.51. The highest BCUT2D eigenvalue weighted by atomic mass is 16.5. The number of piperidine rings is 1. The smallest absolute Gasteiger partial charge is 0.254 e. The van der Waals surface area contributed by atoms with Crippen LogP contribution in [0.25, 0.3) is 0 Å². The van der Waals surface area contributed by atoms with Gasteiger partial charge in [-0.2, -0.15) is 0 Å². The first-order valence-electron chi connectivity index (χ1n) is 12.6. The summed E-state index contributed by atoms with van der Waals surface area (Å²) in [5, 5.41) is 0. The van der Waals surface area contributed by atoms with Crippen molar-refractivity contribution in [3.05, 3.63) is 63.6 Å². The molecule has 3 fully saturated rings. The first-order chi connectivity index (χ1) is 16.9. The molecule has 1 aliphatic carbocycles. The van der Waals surface area contributed by atoms with Crippen molar-refractivity contribution in [2.45, 2.75) is 39.2 Å². The molecule has 0 amide bonds. The Balaban J connectivity index is 0.000000218. The maximum Gasteiger partial charge on any atom is 0.254 e. The molecule has 1 spiro atoms. The van der Waals surface area contributed by atoms with Crippen LogP contribution in [-0.2, 0) is 11.3 Å². The third kappa shape index (κ3) is 7.06. The van der Waals surface area contributed by atoms with E-state index in [0.717, 1.165) is 22.2 Å². The Kier molecular flexibility index (Phi) is 8.10. The minimum absolute atomic E-state index is 0.0494. The maximum absolute atomic E-state index is 12.3. The molecule has 1 aromatic carbocycles. The third-order valence-corrected chi connectivity index (χ3v) is 7.18. The molecule has 186 valence electrons. The molecule has 5 rings (SSSR count). The van der Waals surface area contributed by atoms with E-state index in [4.69, 9.17) is 4.74 Å². The molecule has 2 saturated heterocycles. The molecule has 1 aromatic heterocycles. The summed E-state index contributed by atoms with van der Waals surface area (Å²) in [5.41, 5.74) is 3.43. The van der Waals surface area contributed by atoms with Crippen LogP contribution in [-0.4, -0.2) is 67.5 Å². The first kappa shape index (κ1) is 25.2. The van der Waals surface area contributed by atoms with Gasteiger partial charge in [0.2, 0.25) is 0 Å². The van der Waals surface area contributed by atoms with Crippen molar-refractivity contribution in [3.8, 4) is 17.6 Å². The Morgan fingerprint density at radius 3 is 2.31 bits per heavy atom. The predicted octanol–water partition coefficient (Wildman–Crippen LogP) is 3.19. The fourth-order valence-electron chi connectivity index (χ4n) is 4.91. The molecular formula is C29H37N3O3. The average molecular weight is 476 g/mol. The molecule has 35 heavy (non-hydrogen) atoms. The SMILES string of the molecule is CN1CCC2(CC1)CN(C)C2.Cc1cc(OCC=O)cc(=O)n1Cc1ccc(C#CC2CC2)cc1. The Labute approximate surface area is 208 Å². The van der Waals surface area contributed by atoms with Crippen molar-refractivity contribution in [2.75, 3.05) is 46.9 Å². The molecule has 6 heteroatoms. The molecule has 0 unspecified atom stereocenters. The van der Waals surface area contributed by atoms with E-state index in [-0.39, 0.29) is 12.2 Å². The van der Waals surface area contributed by atoms with Crippen molar-refractivity contribution in [1.29, 1.82) is 0 Å².